The number of para-hydroxylation sites is 1. The van der Waals surface area contributed by atoms with Crippen molar-refractivity contribution < 1.29 is 23.0 Å². The van der Waals surface area contributed by atoms with Crippen molar-refractivity contribution in [2.24, 2.45) is 0 Å². The second-order valence-electron chi connectivity index (χ2n) is 10.7. The summed E-state index contributed by atoms with van der Waals surface area (Å²) in [5.74, 6) is -1.41. The highest BCUT2D eigenvalue weighted by molar-refractivity contribution is 6.05. The summed E-state index contributed by atoms with van der Waals surface area (Å²) in [6.07, 6.45) is 3.53. The van der Waals surface area contributed by atoms with Crippen molar-refractivity contribution in [1.82, 2.24) is 19.4 Å². The minimum Gasteiger partial charge on any atom is -0.494 e. The second kappa shape index (κ2) is 12.9. The van der Waals surface area contributed by atoms with Crippen LogP contribution in [0.25, 0.3) is 28.3 Å². The fourth-order valence-corrected chi connectivity index (χ4v) is 5.53. The molecule has 1 saturated heterocycles. The number of morpholine rings is 1. The fraction of sp³-hybridized carbons (Fsp3) is 0.143. The summed E-state index contributed by atoms with van der Waals surface area (Å²) in [6.45, 7) is 2.97. The van der Waals surface area contributed by atoms with Crippen LogP contribution in [-0.4, -0.2) is 58.7 Å². The van der Waals surface area contributed by atoms with Crippen molar-refractivity contribution in [3.8, 4) is 28.4 Å². The fourth-order valence-electron chi connectivity index (χ4n) is 5.53. The van der Waals surface area contributed by atoms with Crippen molar-refractivity contribution in [1.29, 1.82) is 0 Å². The number of hydrogen-bond acceptors (Lipinski definition) is 8. The van der Waals surface area contributed by atoms with Gasteiger partial charge in [-0.3, -0.25) is 9.20 Å². The number of anilines is 4. The molecule has 3 aromatic heterocycles. The van der Waals surface area contributed by atoms with Gasteiger partial charge in [-0.15, -0.1) is 0 Å². The Morgan fingerprint density at radius 3 is 2.53 bits per heavy atom. The van der Waals surface area contributed by atoms with Crippen LogP contribution >= 0.6 is 0 Å². The van der Waals surface area contributed by atoms with Gasteiger partial charge in [-0.1, -0.05) is 24.3 Å². The van der Waals surface area contributed by atoms with Crippen LogP contribution in [0.15, 0.2) is 97.3 Å². The Morgan fingerprint density at radius 2 is 1.72 bits per heavy atom. The molecule has 4 heterocycles. The van der Waals surface area contributed by atoms with Gasteiger partial charge in [0.25, 0.3) is 5.91 Å². The highest BCUT2D eigenvalue weighted by Gasteiger charge is 2.21. The number of carbonyl (C=O) groups is 1. The van der Waals surface area contributed by atoms with Gasteiger partial charge in [-0.2, -0.15) is 0 Å². The van der Waals surface area contributed by atoms with Crippen LogP contribution in [0.4, 0.5) is 31.8 Å². The Bertz CT molecular complexity index is 2080. The van der Waals surface area contributed by atoms with Gasteiger partial charge in [0.15, 0.2) is 0 Å². The first-order valence-electron chi connectivity index (χ1n) is 14.9. The molecule has 0 spiro atoms. The molecule has 0 saturated carbocycles. The molecule has 3 aromatic carbocycles. The summed E-state index contributed by atoms with van der Waals surface area (Å²) in [7, 11) is 1.62. The van der Waals surface area contributed by atoms with Gasteiger partial charge in [0.1, 0.15) is 28.7 Å². The van der Waals surface area contributed by atoms with E-state index in [9.17, 15) is 13.6 Å². The average Bonchev–Trinajstić information content (AvgIpc) is 3.50. The van der Waals surface area contributed by atoms with E-state index in [2.05, 4.69) is 20.5 Å². The van der Waals surface area contributed by atoms with Gasteiger partial charge < -0.3 is 25.0 Å². The summed E-state index contributed by atoms with van der Waals surface area (Å²) >= 11 is 0. The number of pyridine rings is 1. The Labute approximate surface area is 268 Å². The number of nitrogens with one attached hydrogen (secondary N) is 2. The van der Waals surface area contributed by atoms with E-state index in [1.807, 2.05) is 53.1 Å². The summed E-state index contributed by atoms with van der Waals surface area (Å²) < 4.78 is 41.6. The van der Waals surface area contributed by atoms with Gasteiger partial charge in [0, 0.05) is 48.4 Å². The van der Waals surface area contributed by atoms with Crippen molar-refractivity contribution in [2.45, 2.75) is 0 Å². The van der Waals surface area contributed by atoms with E-state index >= 15 is 0 Å². The zero-order valence-corrected chi connectivity index (χ0v) is 25.3. The molecule has 0 atom stereocenters. The number of amides is 1. The van der Waals surface area contributed by atoms with Crippen LogP contribution in [0.3, 0.4) is 0 Å². The number of methoxy groups -OCH3 is 1. The first-order valence-corrected chi connectivity index (χ1v) is 14.9. The Balaban J connectivity index is 1.22. The SMILES string of the molecule is COc1cc(N2CCOCC2)ccc1Nc1nccc(-c2c(-c3cccc(C(=O)Nc4c(F)cccc4F)c3)nc3ccccn23)n1. The number of carbonyl (C=O) groups excluding carboxylic acids is 1. The molecule has 0 unspecified atom stereocenters. The molecule has 12 heteroatoms. The lowest BCUT2D eigenvalue weighted by atomic mass is 10.0. The minimum atomic E-state index is -0.865. The Kier molecular flexibility index (Phi) is 8.15. The number of fused-ring (bicyclic) bond motifs is 1. The number of hydrogen-bond donors (Lipinski definition) is 2. The van der Waals surface area contributed by atoms with Crippen molar-refractivity contribution in [3.05, 3.63) is 115 Å². The van der Waals surface area contributed by atoms with Crippen LogP contribution in [0.5, 0.6) is 5.75 Å². The van der Waals surface area contributed by atoms with E-state index in [0.29, 0.717) is 58.9 Å². The van der Waals surface area contributed by atoms with Gasteiger partial charge in [-0.05, 0) is 54.6 Å². The zero-order chi connectivity index (χ0) is 32.3. The summed E-state index contributed by atoms with van der Waals surface area (Å²) in [5.41, 5.74) is 4.49. The average molecular weight is 634 g/mol. The highest BCUT2D eigenvalue weighted by atomic mass is 19.1. The lowest BCUT2D eigenvalue weighted by molar-refractivity contribution is 0.102. The van der Waals surface area contributed by atoms with Crippen molar-refractivity contribution in [2.75, 3.05) is 48.9 Å². The van der Waals surface area contributed by atoms with E-state index in [4.69, 9.17) is 19.4 Å². The molecule has 0 aliphatic carbocycles. The van der Waals surface area contributed by atoms with Crippen molar-refractivity contribution >= 4 is 34.6 Å². The number of rotatable bonds is 8. The molecule has 7 rings (SSSR count). The van der Waals surface area contributed by atoms with E-state index in [-0.39, 0.29) is 5.56 Å². The van der Waals surface area contributed by atoms with Crippen molar-refractivity contribution in [3.63, 3.8) is 0 Å². The van der Waals surface area contributed by atoms with E-state index in [0.717, 1.165) is 30.9 Å². The van der Waals surface area contributed by atoms with Crippen LogP contribution in [0, 0.1) is 11.6 Å². The quantitative estimate of drug-likeness (QED) is 0.194. The molecule has 2 N–H and O–H groups in total. The molecule has 0 bridgehead atoms. The molecule has 236 valence electrons. The van der Waals surface area contributed by atoms with Gasteiger partial charge in [0.05, 0.1) is 43.1 Å². The largest absolute Gasteiger partial charge is 0.494 e. The lowest BCUT2D eigenvalue weighted by Crippen LogP contribution is -2.36. The molecule has 47 heavy (non-hydrogen) atoms. The molecule has 1 aliphatic heterocycles. The minimum absolute atomic E-state index is 0.200. The third kappa shape index (κ3) is 6.06. The molecule has 6 aromatic rings. The van der Waals surface area contributed by atoms with Crippen LogP contribution < -0.4 is 20.3 Å². The maximum atomic E-state index is 14.2. The monoisotopic (exact) mass is 633 g/mol. The van der Waals surface area contributed by atoms with E-state index in [1.165, 1.54) is 6.07 Å². The van der Waals surface area contributed by atoms with Gasteiger partial charge in [0.2, 0.25) is 5.95 Å². The van der Waals surface area contributed by atoms with Crippen LogP contribution in [0.1, 0.15) is 10.4 Å². The Hall–Kier alpha value is -5.88. The topological polar surface area (TPSA) is 106 Å². The normalized spacial score (nSPS) is 13.0. The summed E-state index contributed by atoms with van der Waals surface area (Å²) in [6, 6.07) is 23.4. The van der Waals surface area contributed by atoms with Crippen LogP contribution in [0.2, 0.25) is 0 Å². The second-order valence-corrected chi connectivity index (χ2v) is 10.7. The Morgan fingerprint density at radius 1 is 0.915 bits per heavy atom. The smallest absolute Gasteiger partial charge is 0.255 e. The number of benzene rings is 3. The predicted octanol–water partition coefficient (Wildman–Crippen LogP) is 6.58. The third-order valence-electron chi connectivity index (χ3n) is 7.84. The standard InChI is InChI=1S/C35H29F2N7O3/c1-46-29-21-24(43-16-18-47-19-17-43)11-12-27(29)39-35-38-14-13-28(40-35)33-31(41-30-10-2-3-15-44(30)33)22-6-4-7-23(20-22)34(45)42-32-25(36)8-5-9-26(32)37/h2-15,20-21H,16-19H2,1H3,(H,42,45)(H,38,39,40). The third-order valence-corrected chi connectivity index (χ3v) is 7.84. The van der Waals surface area contributed by atoms with E-state index in [1.54, 1.807) is 37.6 Å². The molecule has 1 fully saturated rings. The maximum Gasteiger partial charge on any atom is 0.255 e. The highest BCUT2D eigenvalue weighted by Crippen LogP contribution is 2.35. The number of halogens is 2. The molecule has 0 radical (unpaired) electrons. The lowest BCUT2D eigenvalue weighted by Gasteiger charge is -2.29. The number of aromatic nitrogens is 4. The zero-order valence-electron chi connectivity index (χ0n) is 25.3. The van der Waals surface area contributed by atoms with Gasteiger partial charge >= 0.3 is 0 Å². The molecular formula is C35H29F2N7O3. The summed E-state index contributed by atoms with van der Waals surface area (Å²) in [4.78, 5) is 29.5. The van der Waals surface area contributed by atoms with Gasteiger partial charge in [-0.25, -0.2) is 23.7 Å². The number of nitrogens with zero attached hydrogens (tertiary/aromatic N) is 5. The molecule has 1 aliphatic rings. The number of imidazole rings is 1. The first kappa shape index (κ1) is 29.8. The maximum absolute atomic E-state index is 14.2. The summed E-state index contributed by atoms with van der Waals surface area (Å²) in [5, 5.41) is 5.63. The molecule has 1 amide bonds. The molecule has 10 nitrogen and oxygen atoms in total. The number of ether oxygens (including phenoxy) is 2. The van der Waals surface area contributed by atoms with Crippen LogP contribution in [-0.2, 0) is 4.74 Å². The first-order chi connectivity index (χ1) is 23.0. The predicted molar refractivity (Wildman–Crippen MR) is 175 cm³/mol. The van der Waals surface area contributed by atoms with E-state index < -0.39 is 23.2 Å². The molecular weight excluding hydrogens is 604 g/mol.